The Labute approximate surface area is 190 Å². The lowest BCUT2D eigenvalue weighted by Gasteiger charge is -2.25. The zero-order chi connectivity index (χ0) is 23.1. The quantitative estimate of drug-likeness (QED) is 0.487. The lowest BCUT2D eigenvalue weighted by molar-refractivity contribution is -0.118. The number of hydrogen-bond acceptors (Lipinski definition) is 4. The van der Waals surface area contributed by atoms with Crippen LogP contribution in [0.2, 0.25) is 0 Å². The van der Waals surface area contributed by atoms with Crippen molar-refractivity contribution in [2.24, 2.45) is 0 Å². The van der Waals surface area contributed by atoms with Gasteiger partial charge in [0.15, 0.2) is 0 Å². The zero-order valence-corrected chi connectivity index (χ0v) is 19.4. The number of carbonyl (C=O) groups is 1. The van der Waals surface area contributed by atoms with Crippen LogP contribution in [-0.4, -0.2) is 38.8 Å². The summed E-state index contributed by atoms with van der Waals surface area (Å²) in [6.07, 6.45) is 0. The van der Waals surface area contributed by atoms with Crippen LogP contribution in [0.5, 0.6) is 5.75 Å². The third-order valence-corrected chi connectivity index (χ3v) is 6.90. The Bertz CT molecular complexity index is 1150. The van der Waals surface area contributed by atoms with Gasteiger partial charge in [0.05, 0.1) is 18.0 Å². The summed E-state index contributed by atoms with van der Waals surface area (Å²) < 4.78 is 33.9. The highest BCUT2D eigenvalue weighted by Crippen LogP contribution is 2.25. The number of rotatable bonds is 9. The van der Waals surface area contributed by atoms with Crippen LogP contribution in [0, 0.1) is 6.92 Å². The highest BCUT2D eigenvalue weighted by molar-refractivity contribution is 7.89. The van der Waals surface area contributed by atoms with E-state index >= 15 is 0 Å². The fourth-order valence-corrected chi connectivity index (χ4v) is 4.78. The van der Waals surface area contributed by atoms with Gasteiger partial charge in [0.1, 0.15) is 5.75 Å². The third kappa shape index (κ3) is 5.55. The highest BCUT2D eigenvalue weighted by Gasteiger charge is 2.29. The fraction of sp³-hybridized carbons (Fsp3) is 0.240. The average molecular weight is 453 g/mol. The smallest absolute Gasteiger partial charge is 0.243 e. The molecule has 3 rings (SSSR count). The molecule has 3 aromatic rings. The number of aryl methyl sites for hydroxylation is 1. The van der Waals surface area contributed by atoms with Gasteiger partial charge in [-0.1, -0.05) is 48.5 Å². The van der Waals surface area contributed by atoms with Gasteiger partial charge in [-0.15, -0.1) is 0 Å². The summed E-state index contributed by atoms with van der Waals surface area (Å²) in [5.41, 5.74) is 2.22. The van der Waals surface area contributed by atoms with E-state index < -0.39 is 10.0 Å². The van der Waals surface area contributed by atoms with Gasteiger partial charge in [0, 0.05) is 19.3 Å². The standard InChI is InChI=1S/C25H28N2O4S/c1-4-31-24-16-15-23(17-20(24)2)32(29,30)27(18-21-11-7-5-8-12-21)19-25(28)26(3)22-13-9-6-10-14-22/h5-17H,4,18-19H2,1-3H3. The van der Waals surface area contributed by atoms with Crippen molar-refractivity contribution >= 4 is 21.6 Å². The second-order valence-corrected chi connectivity index (χ2v) is 9.35. The SMILES string of the molecule is CCOc1ccc(S(=O)(=O)N(CC(=O)N(C)c2ccccc2)Cc2ccccc2)cc1C. The van der Waals surface area contributed by atoms with E-state index in [4.69, 9.17) is 4.74 Å². The molecule has 0 spiro atoms. The average Bonchev–Trinajstić information content (AvgIpc) is 2.80. The minimum absolute atomic E-state index is 0.0871. The van der Waals surface area contributed by atoms with Crippen molar-refractivity contribution < 1.29 is 17.9 Å². The Morgan fingerprint density at radius 1 is 0.938 bits per heavy atom. The molecule has 0 heterocycles. The highest BCUT2D eigenvalue weighted by atomic mass is 32.2. The molecule has 0 aromatic heterocycles. The first-order chi connectivity index (χ1) is 15.3. The van der Waals surface area contributed by atoms with E-state index in [0.717, 1.165) is 11.1 Å². The molecule has 0 atom stereocenters. The predicted octanol–water partition coefficient (Wildman–Crippen LogP) is 4.25. The monoisotopic (exact) mass is 452 g/mol. The van der Waals surface area contributed by atoms with Crippen LogP contribution in [-0.2, 0) is 21.4 Å². The number of ether oxygens (including phenoxy) is 1. The van der Waals surface area contributed by atoms with Gasteiger partial charge >= 0.3 is 0 Å². The molecule has 0 bridgehead atoms. The van der Waals surface area contributed by atoms with Gasteiger partial charge in [-0.25, -0.2) is 8.42 Å². The molecule has 0 N–H and O–H groups in total. The van der Waals surface area contributed by atoms with Gasteiger partial charge in [0.2, 0.25) is 15.9 Å². The topological polar surface area (TPSA) is 66.9 Å². The van der Waals surface area contributed by atoms with Crippen molar-refractivity contribution in [3.63, 3.8) is 0 Å². The van der Waals surface area contributed by atoms with E-state index in [2.05, 4.69) is 0 Å². The predicted molar refractivity (Wildman–Crippen MR) is 126 cm³/mol. The van der Waals surface area contributed by atoms with E-state index in [1.165, 1.54) is 15.3 Å². The molecule has 7 heteroatoms. The van der Waals surface area contributed by atoms with Crippen LogP contribution in [0.4, 0.5) is 5.69 Å². The summed E-state index contributed by atoms with van der Waals surface area (Å²) >= 11 is 0. The minimum Gasteiger partial charge on any atom is -0.494 e. The summed E-state index contributed by atoms with van der Waals surface area (Å²) in [5.74, 6) is 0.319. The molecule has 0 aliphatic carbocycles. The molecule has 168 valence electrons. The molecule has 32 heavy (non-hydrogen) atoms. The van der Waals surface area contributed by atoms with Crippen molar-refractivity contribution in [2.45, 2.75) is 25.3 Å². The number of nitrogens with zero attached hydrogens (tertiary/aromatic N) is 2. The van der Waals surface area contributed by atoms with E-state index in [-0.39, 0.29) is 23.9 Å². The first kappa shape index (κ1) is 23.5. The van der Waals surface area contributed by atoms with Crippen LogP contribution in [0.3, 0.4) is 0 Å². The first-order valence-electron chi connectivity index (χ1n) is 10.4. The molecule has 0 saturated carbocycles. The van der Waals surface area contributed by atoms with Crippen molar-refractivity contribution in [1.29, 1.82) is 0 Å². The molecule has 1 amide bonds. The van der Waals surface area contributed by atoms with Crippen LogP contribution >= 0.6 is 0 Å². The lowest BCUT2D eigenvalue weighted by Crippen LogP contribution is -2.41. The fourth-order valence-electron chi connectivity index (χ4n) is 3.31. The molecule has 0 aliphatic heterocycles. The molecule has 0 saturated heterocycles. The Hall–Kier alpha value is -3.16. The number of amides is 1. The normalized spacial score (nSPS) is 11.4. The summed E-state index contributed by atoms with van der Waals surface area (Å²) in [4.78, 5) is 14.6. The van der Waals surface area contributed by atoms with E-state index in [1.54, 1.807) is 26.1 Å². The van der Waals surface area contributed by atoms with Crippen LogP contribution in [0.25, 0.3) is 0 Å². The van der Waals surface area contributed by atoms with Gasteiger partial charge < -0.3 is 9.64 Å². The Morgan fingerprint density at radius 2 is 1.56 bits per heavy atom. The maximum absolute atomic E-state index is 13.6. The second-order valence-electron chi connectivity index (χ2n) is 7.41. The summed E-state index contributed by atoms with van der Waals surface area (Å²) in [6.45, 7) is 3.98. The molecule has 0 aliphatic rings. The van der Waals surface area contributed by atoms with Gasteiger partial charge in [-0.2, -0.15) is 4.31 Å². The number of carbonyl (C=O) groups excluding carboxylic acids is 1. The van der Waals surface area contributed by atoms with Gasteiger partial charge in [-0.3, -0.25) is 4.79 Å². The van der Waals surface area contributed by atoms with Gasteiger partial charge in [0.25, 0.3) is 0 Å². The van der Waals surface area contributed by atoms with E-state index in [0.29, 0.717) is 18.0 Å². The molecular formula is C25H28N2O4S. The number of para-hydroxylation sites is 1. The second kappa shape index (κ2) is 10.4. The number of hydrogen-bond donors (Lipinski definition) is 0. The number of benzene rings is 3. The van der Waals surface area contributed by atoms with E-state index in [1.807, 2.05) is 67.6 Å². The Morgan fingerprint density at radius 3 is 2.16 bits per heavy atom. The molecule has 0 unspecified atom stereocenters. The van der Waals surface area contributed by atoms with Crippen molar-refractivity contribution in [2.75, 3.05) is 25.1 Å². The number of likely N-dealkylation sites (N-methyl/N-ethyl adjacent to an activating group) is 1. The number of sulfonamides is 1. The minimum atomic E-state index is -3.93. The van der Waals surface area contributed by atoms with Crippen molar-refractivity contribution in [3.8, 4) is 5.75 Å². The van der Waals surface area contributed by atoms with Crippen LogP contribution in [0.1, 0.15) is 18.1 Å². The molecule has 0 fully saturated rings. The summed E-state index contributed by atoms with van der Waals surface area (Å²) in [6, 6.07) is 23.2. The Kier molecular flexibility index (Phi) is 7.66. The lowest BCUT2D eigenvalue weighted by atomic mass is 10.2. The zero-order valence-electron chi connectivity index (χ0n) is 18.6. The Balaban J connectivity index is 1.93. The largest absolute Gasteiger partial charge is 0.494 e. The molecular weight excluding hydrogens is 424 g/mol. The van der Waals surface area contributed by atoms with Crippen molar-refractivity contribution in [3.05, 3.63) is 90.0 Å². The summed E-state index contributed by atoms with van der Waals surface area (Å²) in [7, 11) is -2.29. The molecule has 0 radical (unpaired) electrons. The van der Waals surface area contributed by atoms with Gasteiger partial charge in [-0.05, 0) is 55.3 Å². The van der Waals surface area contributed by atoms with Crippen LogP contribution < -0.4 is 9.64 Å². The van der Waals surface area contributed by atoms with Crippen molar-refractivity contribution in [1.82, 2.24) is 4.31 Å². The maximum atomic E-state index is 13.6. The van der Waals surface area contributed by atoms with E-state index in [9.17, 15) is 13.2 Å². The third-order valence-electron chi connectivity index (χ3n) is 5.11. The first-order valence-corrected chi connectivity index (χ1v) is 11.9. The summed E-state index contributed by atoms with van der Waals surface area (Å²) in [5, 5.41) is 0. The molecule has 6 nitrogen and oxygen atoms in total. The number of anilines is 1. The molecule has 3 aromatic carbocycles. The van der Waals surface area contributed by atoms with Crippen LogP contribution in [0.15, 0.2) is 83.8 Å². The maximum Gasteiger partial charge on any atom is 0.243 e.